The lowest BCUT2D eigenvalue weighted by Gasteiger charge is -2.15. The molecule has 0 saturated heterocycles. The van der Waals surface area contributed by atoms with Crippen LogP contribution in [-0.4, -0.2) is 15.8 Å². The van der Waals surface area contributed by atoms with Gasteiger partial charge in [0.2, 0.25) is 0 Å². The zero-order chi connectivity index (χ0) is 11.5. The van der Waals surface area contributed by atoms with Crippen LogP contribution in [0.2, 0.25) is 0 Å². The van der Waals surface area contributed by atoms with E-state index in [2.05, 4.69) is 37.4 Å². The van der Waals surface area contributed by atoms with Gasteiger partial charge in [0, 0.05) is 18.8 Å². The van der Waals surface area contributed by atoms with Gasteiger partial charge < -0.3 is 5.32 Å². The Bertz CT molecular complexity index is 326. The molecule has 3 heteroatoms. The van der Waals surface area contributed by atoms with E-state index in [9.17, 15) is 0 Å². The Morgan fingerprint density at radius 1 is 1.50 bits per heavy atom. The summed E-state index contributed by atoms with van der Waals surface area (Å²) in [7, 11) is 0. The Kier molecular flexibility index (Phi) is 3.52. The average Bonchev–Trinajstić information content (AvgIpc) is 2.98. The third kappa shape index (κ3) is 3.00. The number of nitrogens with zero attached hydrogens (tertiary/aromatic N) is 2. The van der Waals surface area contributed by atoms with Crippen LogP contribution in [0.1, 0.15) is 40.0 Å². The van der Waals surface area contributed by atoms with Gasteiger partial charge in [-0.1, -0.05) is 20.8 Å². The quantitative estimate of drug-likeness (QED) is 0.799. The molecule has 2 rings (SSSR count). The van der Waals surface area contributed by atoms with Gasteiger partial charge in [0.25, 0.3) is 0 Å². The van der Waals surface area contributed by atoms with Crippen LogP contribution in [0.15, 0.2) is 12.4 Å². The second kappa shape index (κ2) is 4.89. The second-order valence-corrected chi connectivity index (χ2v) is 5.34. The maximum atomic E-state index is 4.38. The largest absolute Gasteiger partial charge is 0.380 e. The van der Waals surface area contributed by atoms with E-state index < -0.39 is 0 Å². The number of hydrogen-bond donors (Lipinski definition) is 1. The molecule has 1 aromatic rings. The van der Waals surface area contributed by atoms with Crippen LogP contribution in [0.3, 0.4) is 0 Å². The van der Waals surface area contributed by atoms with Crippen molar-refractivity contribution in [2.75, 3.05) is 5.32 Å². The third-order valence-corrected chi connectivity index (χ3v) is 3.17. The summed E-state index contributed by atoms with van der Waals surface area (Å²) in [5.41, 5.74) is 1.18. The van der Waals surface area contributed by atoms with Crippen molar-refractivity contribution < 1.29 is 0 Å². The van der Waals surface area contributed by atoms with Gasteiger partial charge in [0.05, 0.1) is 11.9 Å². The minimum absolute atomic E-state index is 0.650. The third-order valence-electron chi connectivity index (χ3n) is 3.17. The van der Waals surface area contributed by atoms with Crippen molar-refractivity contribution in [1.82, 2.24) is 9.78 Å². The van der Waals surface area contributed by atoms with Crippen LogP contribution in [-0.2, 0) is 6.54 Å². The summed E-state index contributed by atoms with van der Waals surface area (Å²) in [6, 6.07) is 0.650. The predicted octanol–water partition coefficient (Wildman–Crippen LogP) is 3.14. The summed E-state index contributed by atoms with van der Waals surface area (Å²) >= 11 is 0. The Labute approximate surface area is 98.2 Å². The van der Waals surface area contributed by atoms with Crippen LogP contribution in [0.4, 0.5) is 5.69 Å². The van der Waals surface area contributed by atoms with Crippen molar-refractivity contribution in [1.29, 1.82) is 0 Å². The first-order valence-electron chi connectivity index (χ1n) is 6.48. The van der Waals surface area contributed by atoms with Crippen molar-refractivity contribution in [3.05, 3.63) is 12.4 Å². The van der Waals surface area contributed by atoms with Crippen LogP contribution in [0, 0.1) is 11.8 Å². The monoisotopic (exact) mass is 221 g/mol. The molecule has 1 atom stereocenters. The summed E-state index contributed by atoms with van der Waals surface area (Å²) < 4.78 is 2.03. The maximum Gasteiger partial charge on any atom is 0.0728 e. The zero-order valence-electron chi connectivity index (χ0n) is 10.6. The van der Waals surface area contributed by atoms with Gasteiger partial charge in [-0.15, -0.1) is 0 Å². The van der Waals surface area contributed by atoms with Gasteiger partial charge in [0.15, 0.2) is 0 Å². The van der Waals surface area contributed by atoms with Crippen LogP contribution < -0.4 is 5.32 Å². The lowest BCUT2D eigenvalue weighted by molar-refractivity contribution is 0.483. The van der Waals surface area contributed by atoms with Crippen LogP contribution >= 0.6 is 0 Å². The lowest BCUT2D eigenvalue weighted by Crippen LogP contribution is -2.20. The van der Waals surface area contributed by atoms with E-state index in [4.69, 9.17) is 0 Å². The Hall–Kier alpha value is -0.990. The van der Waals surface area contributed by atoms with Crippen LogP contribution in [0.5, 0.6) is 0 Å². The number of nitrogens with one attached hydrogen (secondary N) is 1. The average molecular weight is 221 g/mol. The first-order chi connectivity index (χ1) is 7.69. The molecule has 1 fully saturated rings. The lowest BCUT2D eigenvalue weighted by atomic mass is 10.1. The van der Waals surface area contributed by atoms with E-state index in [1.807, 2.05) is 10.9 Å². The van der Waals surface area contributed by atoms with Crippen molar-refractivity contribution in [3.63, 3.8) is 0 Å². The molecule has 0 bridgehead atoms. The van der Waals surface area contributed by atoms with Gasteiger partial charge in [-0.05, 0) is 31.1 Å². The van der Waals surface area contributed by atoms with E-state index in [0.29, 0.717) is 12.0 Å². The summed E-state index contributed by atoms with van der Waals surface area (Å²) in [5.74, 6) is 1.55. The molecule has 16 heavy (non-hydrogen) atoms. The van der Waals surface area contributed by atoms with Crippen molar-refractivity contribution in [2.24, 2.45) is 11.8 Å². The number of rotatable bonds is 6. The molecule has 0 amide bonds. The molecule has 0 aromatic carbocycles. The summed E-state index contributed by atoms with van der Waals surface area (Å²) in [6.45, 7) is 7.69. The van der Waals surface area contributed by atoms with Gasteiger partial charge in [-0.2, -0.15) is 5.10 Å². The van der Waals surface area contributed by atoms with Gasteiger partial charge >= 0.3 is 0 Å². The highest BCUT2D eigenvalue weighted by Crippen LogP contribution is 2.35. The number of aromatic nitrogens is 2. The first kappa shape index (κ1) is 11.5. The molecule has 1 aliphatic carbocycles. The van der Waals surface area contributed by atoms with E-state index in [0.717, 1.165) is 12.5 Å². The molecule has 0 spiro atoms. The number of anilines is 1. The fraction of sp³-hybridized carbons (Fsp3) is 0.769. The molecule has 1 heterocycles. The predicted molar refractivity (Wildman–Crippen MR) is 67.5 cm³/mol. The zero-order valence-corrected chi connectivity index (χ0v) is 10.6. The highest BCUT2D eigenvalue weighted by atomic mass is 15.3. The van der Waals surface area contributed by atoms with Crippen molar-refractivity contribution in [3.8, 4) is 0 Å². The van der Waals surface area contributed by atoms with E-state index in [1.54, 1.807) is 0 Å². The summed E-state index contributed by atoms with van der Waals surface area (Å²) in [6.07, 6.45) is 8.08. The topological polar surface area (TPSA) is 29.9 Å². The molecule has 90 valence electrons. The molecule has 1 aliphatic rings. The minimum Gasteiger partial charge on any atom is -0.380 e. The molecular weight excluding hydrogens is 198 g/mol. The Morgan fingerprint density at radius 3 is 2.81 bits per heavy atom. The van der Waals surface area contributed by atoms with Gasteiger partial charge in [-0.3, -0.25) is 4.68 Å². The second-order valence-electron chi connectivity index (χ2n) is 5.34. The molecule has 1 N–H and O–H groups in total. The number of hydrogen-bond acceptors (Lipinski definition) is 2. The molecular formula is C13H23N3. The summed E-state index contributed by atoms with van der Waals surface area (Å²) in [4.78, 5) is 0. The van der Waals surface area contributed by atoms with Gasteiger partial charge in [-0.25, -0.2) is 0 Å². The molecule has 1 aromatic heterocycles. The smallest absolute Gasteiger partial charge is 0.0728 e. The highest BCUT2D eigenvalue weighted by Gasteiger charge is 2.29. The Morgan fingerprint density at radius 2 is 2.25 bits per heavy atom. The normalized spacial score (nSPS) is 17.8. The van der Waals surface area contributed by atoms with E-state index >= 15 is 0 Å². The fourth-order valence-electron chi connectivity index (χ4n) is 2.18. The van der Waals surface area contributed by atoms with Crippen LogP contribution in [0.25, 0.3) is 0 Å². The molecule has 3 nitrogen and oxygen atoms in total. The Balaban J connectivity index is 1.90. The molecule has 0 radical (unpaired) electrons. The maximum absolute atomic E-state index is 4.38. The standard InChI is InChI=1S/C13H23N3/c1-4-13(11-5-6-11)15-12-7-14-16(9-12)8-10(2)3/h7,9-11,13,15H,4-6,8H2,1-3H3. The molecule has 1 unspecified atom stereocenters. The highest BCUT2D eigenvalue weighted by molar-refractivity contribution is 5.39. The minimum atomic E-state index is 0.650. The first-order valence-corrected chi connectivity index (χ1v) is 6.48. The van der Waals surface area contributed by atoms with E-state index in [-0.39, 0.29) is 0 Å². The van der Waals surface area contributed by atoms with E-state index in [1.165, 1.54) is 24.9 Å². The van der Waals surface area contributed by atoms with Gasteiger partial charge in [0.1, 0.15) is 0 Å². The van der Waals surface area contributed by atoms with Crippen molar-refractivity contribution >= 4 is 5.69 Å². The molecule has 1 saturated carbocycles. The van der Waals surface area contributed by atoms with Crippen molar-refractivity contribution in [2.45, 2.75) is 52.6 Å². The fourth-order valence-corrected chi connectivity index (χ4v) is 2.18. The SMILES string of the molecule is CCC(Nc1cnn(CC(C)C)c1)C1CC1. The summed E-state index contributed by atoms with van der Waals surface area (Å²) in [5, 5.41) is 7.98. The molecule has 0 aliphatic heterocycles.